The van der Waals surface area contributed by atoms with E-state index in [0.717, 1.165) is 31.2 Å². The minimum absolute atomic E-state index is 0.117. The molecule has 0 aliphatic heterocycles. The van der Waals surface area contributed by atoms with Crippen molar-refractivity contribution >= 4 is 29.0 Å². The molecule has 98 valence electrons. The average Bonchev–Trinajstić information content (AvgIpc) is 2.82. The zero-order valence-electron chi connectivity index (χ0n) is 10.3. The lowest BCUT2D eigenvalue weighted by Gasteiger charge is -2.25. The van der Waals surface area contributed by atoms with Crippen LogP contribution < -0.4 is 0 Å². The second kappa shape index (κ2) is 5.60. The lowest BCUT2D eigenvalue weighted by molar-refractivity contribution is -0.139. The zero-order valence-corrected chi connectivity index (χ0v) is 11.9. The number of carbonyl (C=O) groups excluding carboxylic acids is 1. The van der Waals surface area contributed by atoms with Gasteiger partial charge in [0, 0.05) is 23.6 Å². The number of carbonyl (C=O) groups is 1. The van der Waals surface area contributed by atoms with Gasteiger partial charge in [-0.25, -0.2) is 0 Å². The number of ether oxygens (including phenoxy) is 1. The van der Waals surface area contributed by atoms with Gasteiger partial charge >= 0.3 is 0 Å². The maximum absolute atomic E-state index is 12.4. The monoisotopic (exact) mass is 286 g/mol. The average molecular weight is 287 g/mol. The fourth-order valence-corrected chi connectivity index (χ4v) is 3.02. The summed E-state index contributed by atoms with van der Waals surface area (Å²) in [7, 11) is 1.62. The highest BCUT2D eigenvalue weighted by Gasteiger charge is 2.40. The number of Topliss-reactive ketones (excluding diaryl/α,β-unsaturated/α-hetero) is 1. The lowest BCUT2D eigenvalue weighted by Crippen LogP contribution is -2.38. The molecule has 4 heteroatoms. The zero-order chi connectivity index (χ0) is 13.2. The first-order valence-corrected chi connectivity index (χ1v) is 6.85. The highest BCUT2D eigenvalue weighted by molar-refractivity contribution is 6.35. The molecule has 0 radical (unpaired) electrons. The summed E-state index contributed by atoms with van der Waals surface area (Å²) >= 11 is 11.9. The van der Waals surface area contributed by atoms with Crippen LogP contribution in [0.1, 0.15) is 31.2 Å². The van der Waals surface area contributed by atoms with Crippen LogP contribution in [0.3, 0.4) is 0 Å². The molecule has 0 heterocycles. The van der Waals surface area contributed by atoms with Crippen molar-refractivity contribution < 1.29 is 9.53 Å². The van der Waals surface area contributed by atoms with E-state index in [1.807, 2.05) is 0 Å². The molecule has 1 aromatic carbocycles. The van der Waals surface area contributed by atoms with E-state index in [1.165, 1.54) is 0 Å². The fourth-order valence-electron chi connectivity index (χ4n) is 2.54. The molecule has 2 rings (SSSR count). The Labute approximate surface area is 117 Å². The van der Waals surface area contributed by atoms with E-state index >= 15 is 0 Å². The number of halogens is 2. The van der Waals surface area contributed by atoms with Gasteiger partial charge in [0.1, 0.15) is 5.60 Å². The van der Waals surface area contributed by atoms with E-state index < -0.39 is 5.60 Å². The first kappa shape index (κ1) is 13.9. The van der Waals surface area contributed by atoms with Crippen molar-refractivity contribution in [1.82, 2.24) is 0 Å². The standard InChI is InChI=1S/C14H16Cl2O2/c1-18-14(6-2-3-7-14)13(17)8-10-4-5-11(15)9-12(10)16/h4-5,9H,2-3,6-8H2,1H3. The summed E-state index contributed by atoms with van der Waals surface area (Å²) in [6.07, 6.45) is 4.03. The van der Waals surface area contributed by atoms with Crippen molar-refractivity contribution in [3.8, 4) is 0 Å². The van der Waals surface area contributed by atoms with Gasteiger partial charge in [-0.1, -0.05) is 29.3 Å². The van der Waals surface area contributed by atoms with Crippen LogP contribution >= 0.6 is 23.2 Å². The predicted molar refractivity (Wildman–Crippen MR) is 73.4 cm³/mol. The van der Waals surface area contributed by atoms with Crippen molar-refractivity contribution in [2.45, 2.75) is 37.7 Å². The molecule has 0 bridgehead atoms. The molecular weight excluding hydrogens is 271 g/mol. The summed E-state index contributed by atoms with van der Waals surface area (Å²) in [6, 6.07) is 5.23. The minimum atomic E-state index is -0.594. The van der Waals surface area contributed by atoms with E-state index in [4.69, 9.17) is 27.9 Å². The number of hydrogen-bond donors (Lipinski definition) is 0. The smallest absolute Gasteiger partial charge is 0.169 e. The van der Waals surface area contributed by atoms with Crippen LogP contribution in [0.4, 0.5) is 0 Å². The largest absolute Gasteiger partial charge is 0.370 e. The van der Waals surface area contributed by atoms with Crippen molar-refractivity contribution in [2.24, 2.45) is 0 Å². The number of hydrogen-bond acceptors (Lipinski definition) is 2. The van der Waals surface area contributed by atoms with E-state index in [1.54, 1.807) is 25.3 Å². The second-order valence-electron chi connectivity index (χ2n) is 4.74. The normalized spacial score (nSPS) is 17.9. The van der Waals surface area contributed by atoms with E-state index in [2.05, 4.69) is 0 Å². The van der Waals surface area contributed by atoms with E-state index in [9.17, 15) is 4.79 Å². The molecule has 1 fully saturated rings. The van der Waals surface area contributed by atoms with E-state index in [-0.39, 0.29) is 5.78 Å². The number of ketones is 1. The van der Waals surface area contributed by atoms with Gasteiger partial charge in [0.15, 0.2) is 5.78 Å². The second-order valence-corrected chi connectivity index (χ2v) is 5.58. The SMILES string of the molecule is COC1(C(=O)Cc2ccc(Cl)cc2Cl)CCCC1. The summed E-state index contributed by atoms with van der Waals surface area (Å²) in [5, 5.41) is 1.12. The molecule has 0 aromatic heterocycles. The number of rotatable bonds is 4. The Balaban J connectivity index is 2.15. The van der Waals surface area contributed by atoms with Crippen molar-refractivity contribution in [1.29, 1.82) is 0 Å². The Morgan fingerprint density at radius 3 is 2.56 bits per heavy atom. The van der Waals surface area contributed by atoms with Gasteiger partial charge in [0.2, 0.25) is 0 Å². The number of benzene rings is 1. The Kier molecular flexibility index (Phi) is 4.31. The van der Waals surface area contributed by atoms with Gasteiger partial charge in [-0.2, -0.15) is 0 Å². The van der Waals surface area contributed by atoms with Crippen LogP contribution in [0.15, 0.2) is 18.2 Å². The van der Waals surface area contributed by atoms with Crippen molar-refractivity contribution in [3.63, 3.8) is 0 Å². The van der Waals surface area contributed by atoms with Crippen LogP contribution in [0.2, 0.25) is 10.0 Å². The highest BCUT2D eigenvalue weighted by Crippen LogP contribution is 2.35. The molecule has 0 saturated heterocycles. The molecule has 0 N–H and O–H groups in total. The topological polar surface area (TPSA) is 26.3 Å². The van der Waals surface area contributed by atoms with Gasteiger partial charge in [-0.05, 0) is 43.4 Å². The first-order chi connectivity index (χ1) is 8.57. The molecule has 1 aromatic rings. The summed E-state index contributed by atoms with van der Waals surface area (Å²) in [5.41, 5.74) is 0.220. The summed E-state index contributed by atoms with van der Waals surface area (Å²) < 4.78 is 5.48. The van der Waals surface area contributed by atoms with Crippen LogP contribution in [0, 0.1) is 0 Å². The summed E-state index contributed by atoms with van der Waals surface area (Å²) in [5.74, 6) is 0.117. The Morgan fingerprint density at radius 2 is 2.00 bits per heavy atom. The molecular formula is C14H16Cl2O2. The fraction of sp³-hybridized carbons (Fsp3) is 0.500. The third-order valence-corrected chi connectivity index (χ3v) is 4.26. The van der Waals surface area contributed by atoms with Crippen LogP contribution in [-0.2, 0) is 16.0 Å². The molecule has 1 aliphatic rings. The molecule has 0 amide bonds. The molecule has 2 nitrogen and oxygen atoms in total. The van der Waals surface area contributed by atoms with Crippen molar-refractivity contribution in [2.75, 3.05) is 7.11 Å². The van der Waals surface area contributed by atoms with Gasteiger partial charge in [-0.15, -0.1) is 0 Å². The molecule has 0 unspecified atom stereocenters. The maximum Gasteiger partial charge on any atom is 0.169 e. The summed E-state index contributed by atoms with van der Waals surface area (Å²) in [6.45, 7) is 0. The Morgan fingerprint density at radius 1 is 1.33 bits per heavy atom. The van der Waals surface area contributed by atoms with Gasteiger partial charge in [0.05, 0.1) is 0 Å². The van der Waals surface area contributed by atoms with Crippen LogP contribution in [-0.4, -0.2) is 18.5 Å². The third-order valence-electron chi connectivity index (χ3n) is 3.68. The van der Waals surface area contributed by atoms with Crippen LogP contribution in [0.5, 0.6) is 0 Å². The molecule has 1 aliphatic carbocycles. The molecule has 1 saturated carbocycles. The van der Waals surface area contributed by atoms with Gasteiger partial charge < -0.3 is 4.74 Å². The highest BCUT2D eigenvalue weighted by atomic mass is 35.5. The minimum Gasteiger partial charge on any atom is -0.370 e. The maximum atomic E-state index is 12.4. The quantitative estimate of drug-likeness (QED) is 0.834. The Hall–Kier alpha value is -0.570. The van der Waals surface area contributed by atoms with E-state index in [0.29, 0.717) is 16.5 Å². The number of methoxy groups -OCH3 is 1. The first-order valence-electron chi connectivity index (χ1n) is 6.10. The van der Waals surface area contributed by atoms with Gasteiger partial charge in [0.25, 0.3) is 0 Å². The van der Waals surface area contributed by atoms with Gasteiger partial charge in [-0.3, -0.25) is 4.79 Å². The molecule has 0 atom stereocenters. The third kappa shape index (κ3) is 2.71. The summed E-state index contributed by atoms with van der Waals surface area (Å²) in [4.78, 5) is 12.4. The van der Waals surface area contributed by atoms with Crippen LogP contribution in [0.25, 0.3) is 0 Å². The Bertz CT molecular complexity index is 451. The predicted octanol–water partition coefficient (Wildman–Crippen LogP) is 4.06. The van der Waals surface area contributed by atoms with Crippen molar-refractivity contribution in [3.05, 3.63) is 33.8 Å². The lowest BCUT2D eigenvalue weighted by atomic mass is 9.91. The molecule has 0 spiro atoms. The molecule has 18 heavy (non-hydrogen) atoms.